The maximum atomic E-state index is 5.60. The summed E-state index contributed by atoms with van der Waals surface area (Å²) in [6.07, 6.45) is 8.19. The first-order valence-corrected chi connectivity index (χ1v) is 9.41. The van der Waals surface area contributed by atoms with Crippen LogP contribution in [0.15, 0.2) is 91.0 Å². The van der Waals surface area contributed by atoms with Crippen LogP contribution in [0.4, 0.5) is 0 Å². The van der Waals surface area contributed by atoms with Crippen LogP contribution in [0.3, 0.4) is 0 Å². The molecule has 0 unspecified atom stereocenters. The number of rotatable bonds is 7. The summed E-state index contributed by atoms with van der Waals surface area (Å²) in [4.78, 5) is 0. The highest BCUT2D eigenvalue weighted by molar-refractivity contribution is 5.71. The SMILES string of the molecule is CC=CCOCc1ccc(-c2ccc(-c3ccc(C=CC)cc3)cc2)cc1. The predicted octanol–water partition coefficient (Wildman–Crippen LogP) is 7.15. The Bertz CT molecular complexity index is 882. The van der Waals surface area contributed by atoms with Crippen LogP contribution in [0.2, 0.25) is 0 Å². The molecular formula is C26H26O. The fourth-order valence-corrected chi connectivity index (χ4v) is 2.97. The molecule has 0 aliphatic carbocycles. The van der Waals surface area contributed by atoms with Gasteiger partial charge in [0.2, 0.25) is 0 Å². The van der Waals surface area contributed by atoms with E-state index in [1.165, 1.54) is 33.4 Å². The molecule has 0 saturated carbocycles. The van der Waals surface area contributed by atoms with Crippen LogP contribution in [-0.4, -0.2) is 6.61 Å². The van der Waals surface area contributed by atoms with E-state index in [0.717, 1.165) is 0 Å². The smallest absolute Gasteiger partial charge is 0.0721 e. The van der Waals surface area contributed by atoms with Crippen molar-refractivity contribution in [1.82, 2.24) is 0 Å². The zero-order valence-corrected chi connectivity index (χ0v) is 16.1. The molecule has 3 aromatic carbocycles. The van der Waals surface area contributed by atoms with E-state index < -0.39 is 0 Å². The second kappa shape index (κ2) is 9.70. The highest BCUT2D eigenvalue weighted by Crippen LogP contribution is 2.25. The van der Waals surface area contributed by atoms with Gasteiger partial charge in [0.25, 0.3) is 0 Å². The van der Waals surface area contributed by atoms with E-state index >= 15 is 0 Å². The Labute approximate surface area is 162 Å². The molecule has 1 nitrogen and oxygen atoms in total. The summed E-state index contributed by atoms with van der Waals surface area (Å²) in [5.41, 5.74) is 7.35. The van der Waals surface area contributed by atoms with Gasteiger partial charge in [-0.2, -0.15) is 0 Å². The van der Waals surface area contributed by atoms with E-state index in [0.29, 0.717) is 13.2 Å². The van der Waals surface area contributed by atoms with E-state index in [9.17, 15) is 0 Å². The molecule has 0 amide bonds. The summed E-state index contributed by atoms with van der Waals surface area (Å²) in [5.74, 6) is 0. The third-order valence-corrected chi connectivity index (χ3v) is 4.49. The average molecular weight is 354 g/mol. The first-order chi connectivity index (χ1) is 13.3. The largest absolute Gasteiger partial charge is 0.373 e. The Morgan fingerprint density at radius 3 is 1.59 bits per heavy atom. The second-order valence-electron chi connectivity index (χ2n) is 6.48. The minimum atomic E-state index is 0.646. The molecule has 0 radical (unpaired) electrons. The van der Waals surface area contributed by atoms with E-state index in [4.69, 9.17) is 4.74 Å². The lowest BCUT2D eigenvalue weighted by atomic mass is 9.99. The first-order valence-electron chi connectivity index (χ1n) is 9.41. The van der Waals surface area contributed by atoms with Gasteiger partial charge in [-0.3, -0.25) is 0 Å². The Balaban J connectivity index is 1.67. The fourth-order valence-electron chi connectivity index (χ4n) is 2.97. The lowest BCUT2D eigenvalue weighted by Crippen LogP contribution is -1.92. The topological polar surface area (TPSA) is 9.23 Å². The van der Waals surface area contributed by atoms with Crippen molar-refractivity contribution in [2.45, 2.75) is 20.5 Å². The molecule has 0 aromatic heterocycles. The van der Waals surface area contributed by atoms with Crippen LogP contribution in [-0.2, 0) is 11.3 Å². The molecule has 0 fully saturated rings. The van der Waals surface area contributed by atoms with Crippen molar-refractivity contribution in [3.63, 3.8) is 0 Å². The summed E-state index contributed by atoms with van der Waals surface area (Å²) in [6.45, 7) is 5.35. The number of benzene rings is 3. The molecule has 0 aliphatic heterocycles. The van der Waals surface area contributed by atoms with E-state index in [1.54, 1.807) is 0 Å². The first kappa shape index (κ1) is 18.9. The molecule has 0 N–H and O–H groups in total. The molecule has 0 saturated heterocycles. The van der Waals surface area contributed by atoms with Crippen molar-refractivity contribution in [3.05, 3.63) is 102 Å². The van der Waals surface area contributed by atoms with Crippen molar-refractivity contribution in [3.8, 4) is 22.3 Å². The molecule has 0 heterocycles. The highest BCUT2D eigenvalue weighted by Gasteiger charge is 2.01. The minimum Gasteiger partial charge on any atom is -0.373 e. The van der Waals surface area contributed by atoms with Crippen LogP contribution in [0.25, 0.3) is 28.3 Å². The molecule has 3 rings (SSSR count). The number of ether oxygens (including phenoxy) is 1. The molecule has 0 spiro atoms. The zero-order valence-electron chi connectivity index (χ0n) is 16.1. The third kappa shape index (κ3) is 5.29. The molecule has 136 valence electrons. The van der Waals surface area contributed by atoms with E-state index in [-0.39, 0.29) is 0 Å². The van der Waals surface area contributed by atoms with Gasteiger partial charge < -0.3 is 4.74 Å². The van der Waals surface area contributed by atoms with Gasteiger partial charge in [-0.05, 0) is 47.2 Å². The summed E-state index contributed by atoms with van der Waals surface area (Å²) in [7, 11) is 0. The summed E-state index contributed by atoms with van der Waals surface area (Å²) >= 11 is 0. The molecule has 0 aliphatic rings. The summed E-state index contributed by atoms with van der Waals surface area (Å²) in [5, 5.41) is 0. The van der Waals surface area contributed by atoms with Gasteiger partial charge in [0.15, 0.2) is 0 Å². The Morgan fingerprint density at radius 1 is 0.630 bits per heavy atom. The maximum Gasteiger partial charge on any atom is 0.0721 e. The highest BCUT2D eigenvalue weighted by atomic mass is 16.5. The van der Waals surface area contributed by atoms with Crippen molar-refractivity contribution >= 4 is 6.08 Å². The number of hydrogen-bond acceptors (Lipinski definition) is 1. The van der Waals surface area contributed by atoms with Crippen molar-refractivity contribution in [2.75, 3.05) is 6.61 Å². The number of hydrogen-bond donors (Lipinski definition) is 0. The van der Waals surface area contributed by atoms with Gasteiger partial charge >= 0.3 is 0 Å². The molecule has 3 aromatic rings. The van der Waals surface area contributed by atoms with Gasteiger partial charge in [-0.15, -0.1) is 0 Å². The van der Waals surface area contributed by atoms with Crippen molar-refractivity contribution in [2.24, 2.45) is 0 Å². The standard InChI is InChI=1S/C26H26O/c1-3-5-19-27-20-22-9-13-24(14-10-22)26-17-15-25(16-18-26)23-11-7-21(6-4-2)8-12-23/h3-18H,19-20H2,1-2H3. The minimum absolute atomic E-state index is 0.646. The van der Waals surface area contributed by atoms with Crippen LogP contribution >= 0.6 is 0 Å². The number of allylic oxidation sites excluding steroid dienone is 2. The maximum absolute atomic E-state index is 5.60. The van der Waals surface area contributed by atoms with Gasteiger partial charge in [-0.1, -0.05) is 97.1 Å². The zero-order chi connectivity index (χ0) is 18.9. The Kier molecular flexibility index (Phi) is 6.78. The van der Waals surface area contributed by atoms with Crippen LogP contribution in [0.1, 0.15) is 25.0 Å². The van der Waals surface area contributed by atoms with Gasteiger partial charge in [0.05, 0.1) is 13.2 Å². The normalized spacial score (nSPS) is 11.5. The molecular weight excluding hydrogens is 328 g/mol. The summed E-state index contributed by atoms with van der Waals surface area (Å²) < 4.78 is 5.60. The van der Waals surface area contributed by atoms with Crippen LogP contribution < -0.4 is 0 Å². The second-order valence-corrected chi connectivity index (χ2v) is 6.48. The van der Waals surface area contributed by atoms with Gasteiger partial charge in [0.1, 0.15) is 0 Å². The van der Waals surface area contributed by atoms with Gasteiger partial charge in [0, 0.05) is 0 Å². The predicted molar refractivity (Wildman–Crippen MR) is 116 cm³/mol. The van der Waals surface area contributed by atoms with Crippen LogP contribution in [0, 0.1) is 0 Å². The quantitative estimate of drug-likeness (QED) is 0.323. The van der Waals surface area contributed by atoms with Crippen molar-refractivity contribution < 1.29 is 4.74 Å². The van der Waals surface area contributed by atoms with Gasteiger partial charge in [-0.25, -0.2) is 0 Å². The third-order valence-electron chi connectivity index (χ3n) is 4.49. The Morgan fingerprint density at radius 2 is 1.11 bits per heavy atom. The fraction of sp³-hybridized carbons (Fsp3) is 0.154. The average Bonchev–Trinajstić information content (AvgIpc) is 2.73. The molecule has 0 atom stereocenters. The van der Waals surface area contributed by atoms with Crippen LogP contribution in [0.5, 0.6) is 0 Å². The Hall–Kier alpha value is -2.90. The molecule has 1 heteroatoms. The van der Waals surface area contributed by atoms with E-state index in [1.807, 2.05) is 26.0 Å². The van der Waals surface area contributed by atoms with Crippen molar-refractivity contribution in [1.29, 1.82) is 0 Å². The monoisotopic (exact) mass is 354 g/mol. The van der Waals surface area contributed by atoms with E-state index in [2.05, 4.69) is 84.9 Å². The molecule has 27 heavy (non-hydrogen) atoms. The lowest BCUT2D eigenvalue weighted by molar-refractivity contribution is 0.148. The molecule has 0 bridgehead atoms. The summed E-state index contributed by atoms with van der Waals surface area (Å²) in [6, 6.07) is 26.0. The lowest BCUT2D eigenvalue weighted by Gasteiger charge is -2.07.